The third-order valence-electron chi connectivity index (χ3n) is 1.12. The number of carbonyl (C=O) groups excluding carboxylic acids is 1. The Balaban J connectivity index is 3.53. The number of nitrogens with one attached hydrogen (secondary N) is 1. The van der Waals surface area contributed by atoms with Crippen LogP contribution in [0.15, 0.2) is 0 Å². The van der Waals surface area contributed by atoms with Crippen molar-refractivity contribution in [3.8, 4) is 0 Å². The van der Waals surface area contributed by atoms with Gasteiger partial charge >= 0.3 is 0 Å². The molecule has 0 bridgehead atoms. The first-order chi connectivity index (χ1) is 3.62. The van der Waals surface area contributed by atoms with Crippen molar-refractivity contribution in [1.29, 1.82) is 0 Å². The average Bonchev–Trinajstić information content (AvgIpc) is 1.67. The Kier molecular flexibility index (Phi) is 2.48. The van der Waals surface area contributed by atoms with Gasteiger partial charge in [0.15, 0.2) is 0 Å². The standard InChI is InChI=1S/C5H12N2O/c1-3-5(2,6)7-4-8/h4H,3,6H2,1-2H3,(H,7,8). The van der Waals surface area contributed by atoms with E-state index in [1.165, 1.54) is 0 Å². The molecule has 0 fully saturated rings. The van der Waals surface area contributed by atoms with Crippen molar-refractivity contribution in [2.24, 2.45) is 5.73 Å². The molecule has 0 aromatic rings. The second kappa shape index (κ2) is 2.67. The highest BCUT2D eigenvalue weighted by atomic mass is 16.1. The second-order valence-electron chi connectivity index (χ2n) is 2.03. The van der Waals surface area contributed by atoms with E-state index in [2.05, 4.69) is 5.32 Å². The molecule has 1 amide bonds. The van der Waals surface area contributed by atoms with Crippen LogP contribution in [0.25, 0.3) is 0 Å². The topological polar surface area (TPSA) is 55.1 Å². The SMILES string of the molecule is CCC(C)(N)NC=O. The largest absolute Gasteiger partial charge is 0.341 e. The van der Waals surface area contributed by atoms with Crippen LogP contribution in [0.4, 0.5) is 0 Å². The highest BCUT2D eigenvalue weighted by Gasteiger charge is 2.11. The van der Waals surface area contributed by atoms with E-state index < -0.39 is 5.66 Å². The molecule has 3 N–H and O–H groups in total. The fourth-order valence-electron chi connectivity index (χ4n) is 0.237. The molecule has 0 saturated carbocycles. The smallest absolute Gasteiger partial charge is 0.208 e. The first-order valence-electron chi connectivity index (χ1n) is 2.62. The Morgan fingerprint density at radius 1 is 1.88 bits per heavy atom. The van der Waals surface area contributed by atoms with Crippen LogP contribution in [0.2, 0.25) is 0 Å². The summed E-state index contributed by atoms with van der Waals surface area (Å²) in [5.74, 6) is 0. The van der Waals surface area contributed by atoms with Crippen molar-refractivity contribution >= 4 is 6.41 Å². The molecule has 0 saturated heterocycles. The summed E-state index contributed by atoms with van der Waals surface area (Å²) in [4.78, 5) is 9.79. The number of nitrogens with two attached hydrogens (primary N) is 1. The van der Waals surface area contributed by atoms with E-state index >= 15 is 0 Å². The Morgan fingerprint density at radius 3 is 2.50 bits per heavy atom. The lowest BCUT2D eigenvalue weighted by molar-refractivity contribution is -0.111. The fraction of sp³-hybridized carbons (Fsp3) is 0.800. The van der Waals surface area contributed by atoms with Crippen molar-refractivity contribution < 1.29 is 4.79 Å². The minimum absolute atomic E-state index is 0.526. The lowest BCUT2D eigenvalue weighted by Crippen LogP contribution is -2.49. The molecule has 1 unspecified atom stereocenters. The Hall–Kier alpha value is -0.570. The zero-order chi connectivity index (χ0) is 6.62. The summed E-state index contributed by atoms with van der Waals surface area (Å²) >= 11 is 0. The molecule has 0 aromatic heterocycles. The van der Waals surface area contributed by atoms with Gasteiger partial charge in [0.05, 0.1) is 5.66 Å². The van der Waals surface area contributed by atoms with Gasteiger partial charge in [0.25, 0.3) is 0 Å². The number of rotatable bonds is 3. The van der Waals surface area contributed by atoms with E-state index in [1.54, 1.807) is 6.92 Å². The van der Waals surface area contributed by atoms with Crippen molar-refractivity contribution in [2.75, 3.05) is 0 Å². The maximum Gasteiger partial charge on any atom is 0.208 e. The first-order valence-corrected chi connectivity index (χ1v) is 2.62. The zero-order valence-electron chi connectivity index (χ0n) is 5.27. The summed E-state index contributed by atoms with van der Waals surface area (Å²) in [6.45, 7) is 3.68. The van der Waals surface area contributed by atoms with Gasteiger partial charge in [0.1, 0.15) is 0 Å². The molecule has 0 aliphatic rings. The summed E-state index contributed by atoms with van der Waals surface area (Å²) in [5, 5.41) is 2.47. The lowest BCUT2D eigenvalue weighted by Gasteiger charge is -2.20. The molecule has 3 heteroatoms. The molecular weight excluding hydrogens is 104 g/mol. The quantitative estimate of drug-likeness (QED) is 0.397. The minimum atomic E-state index is -0.526. The molecule has 0 aliphatic heterocycles. The van der Waals surface area contributed by atoms with Gasteiger partial charge in [-0.25, -0.2) is 0 Å². The van der Waals surface area contributed by atoms with Gasteiger partial charge in [-0.3, -0.25) is 4.79 Å². The van der Waals surface area contributed by atoms with E-state index in [9.17, 15) is 4.79 Å². The molecule has 0 aromatic carbocycles. The highest BCUT2D eigenvalue weighted by molar-refractivity contribution is 5.47. The molecule has 1 atom stereocenters. The summed E-state index contributed by atoms with van der Waals surface area (Å²) in [6, 6.07) is 0. The third-order valence-corrected chi connectivity index (χ3v) is 1.12. The normalized spacial score (nSPS) is 16.9. The summed E-state index contributed by atoms with van der Waals surface area (Å²) in [7, 11) is 0. The van der Waals surface area contributed by atoms with Gasteiger partial charge in [-0.2, -0.15) is 0 Å². The number of hydrogen-bond donors (Lipinski definition) is 2. The number of carbonyl (C=O) groups is 1. The molecule has 48 valence electrons. The van der Waals surface area contributed by atoms with Gasteiger partial charge in [-0.1, -0.05) is 6.92 Å². The van der Waals surface area contributed by atoms with Gasteiger partial charge in [0.2, 0.25) is 6.41 Å². The monoisotopic (exact) mass is 116 g/mol. The molecule has 0 spiro atoms. The van der Waals surface area contributed by atoms with Crippen LogP contribution in [0.5, 0.6) is 0 Å². The fourth-order valence-corrected chi connectivity index (χ4v) is 0.237. The van der Waals surface area contributed by atoms with E-state index in [0.29, 0.717) is 6.41 Å². The van der Waals surface area contributed by atoms with E-state index in [1.807, 2.05) is 6.92 Å². The summed E-state index contributed by atoms with van der Waals surface area (Å²) in [5.41, 5.74) is 4.96. The first kappa shape index (κ1) is 7.43. The second-order valence-corrected chi connectivity index (χ2v) is 2.03. The van der Waals surface area contributed by atoms with Crippen LogP contribution < -0.4 is 11.1 Å². The number of hydrogen-bond acceptors (Lipinski definition) is 2. The van der Waals surface area contributed by atoms with Crippen molar-refractivity contribution in [1.82, 2.24) is 5.32 Å². The molecular formula is C5H12N2O. The number of amides is 1. The predicted molar refractivity (Wildman–Crippen MR) is 32.1 cm³/mol. The maximum absolute atomic E-state index is 9.79. The molecule has 0 radical (unpaired) electrons. The van der Waals surface area contributed by atoms with Crippen LogP contribution in [0.3, 0.4) is 0 Å². The maximum atomic E-state index is 9.79. The molecule has 0 heterocycles. The predicted octanol–water partition coefficient (Wildman–Crippen LogP) is -0.183. The zero-order valence-corrected chi connectivity index (χ0v) is 5.27. The molecule has 0 aliphatic carbocycles. The summed E-state index contributed by atoms with van der Waals surface area (Å²) < 4.78 is 0. The van der Waals surface area contributed by atoms with E-state index in [4.69, 9.17) is 5.73 Å². The molecule has 0 rings (SSSR count). The van der Waals surface area contributed by atoms with Crippen LogP contribution in [-0.2, 0) is 4.79 Å². The van der Waals surface area contributed by atoms with Crippen LogP contribution in [0.1, 0.15) is 20.3 Å². The van der Waals surface area contributed by atoms with Crippen LogP contribution in [0, 0.1) is 0 Å². The Morgan fingerprint density at radius 2 is 2.38 bits per heavy atom. The van der Waals surface area contributed by atoms with Crippen LogP contribution >= 0.6 is 0 Å². The van der Waals surface area contributed by atoms with E-state index in [-0.39, 0.29) is 0 Å². The van der Waals surface area contributed by atoms with Crippen molar-refractivity contribution in [2.45, 2.75) is 25.9 Å². The van der Waals surface area contributed by atoms with Crippen molar-refractivity contribution in [3.05, 3.63) is 0 Å². The third kappa shape index (κ3) is 2.58. The van der Waals surface area contributed by atoms with Crippen LogP contribution in [-0.4, -0.2) is 12.1 Å². The van der Waals surface area contributed by atoms with Gasteiger partial charge < -0.3 is 11.1 Å². The molecule has 3 nitrogen and oxygen atoms in total. The lowest BCUT2D eigenvalue weighted by atomic mass is 10.2. The van der Waals surface area contributed by atoms with Gasteiger partial charge in [-0.05, 0) is 13.3 Å². The Labute approximate surface area is 49.3 Å². The van der Waals surface area contributed by atoms with Gasteiger partial charge in [0, 0.05) is 0 Å². The summed E-state index contributed by atoms with van der Waals surface area (Å²) in [6.07, 6.45) is 1.36. The average molecular weight is 116 g/mol. The molecule has 8 heavy (non-hydrogen) atoms. The minimum Gasteiger partial charge on any atom is -0.341 e. The highest BCUT2D eigenvalue weighted by Crippen LogP contribution is 1.95. The van der Waals surface area contributed by atoms with E-state index in [0.717, 1.165) is 6.42 Å². The van der Waals surface area contributed by atoms with Crippen molar-refractivity contribution in [3.63, 3.8) is 0 Å². The Bertz CT molecular complexity index is 80.5. The van der Waals surface area contributed by atoms with Gasteiger partial charge in [-0.15, -0.1) is 0 Å².